The summed E-state index contributed by atoms with van der Waals surface area (Å²) in [5.74, 6) is 0.872. The Morgan fingerprint density at radius 2 is 1.95 bits per heavy atom. The summed E-state index contributed by atoms with van der Waals surface area (Å²) in [6.45, 7) is 2.83. The molecule has 0 amide bonds. The maximum atomic E-state index is 11.8. The van der Waals surface area contributed by atoms with Crippen molar-refractivity contribution in [3.8, 4) is 11.4 Å². The lowest BCUT2D eigenvalue weighted by Crippen LogP contribution is -2.29. The topological polar surface area (TPSA) is 71.8 Å². The minimum Gasteiger partial charge on any atom is -0.289 e. The minimum atomic E-state index is -0.338. The van der Waals surface area contributed by atoms with Crippen LogP contribution in [0.1, 0.15) is 13.3 Å². The van der Waals surface area contributed by atoms with Crippen molar-refractivity contribution in [1.82, 2.24) is 20.0 Å². The van der Waals surface area contributed by atoms with Gasteiger partial charge in [0.2, 0.25) is 5.95 Å². The quantitative estimate of drug-likeness (QED) is 0.623. The average Bonchev–Trinajstić information content (AvgIpc) is 2.44. The summed E-state index contributed by atoms with van der Waals surface area (Å²) >= 11 is 0. The number of hydrogen-bond donors (Lipinski definition) is 2. The molecule has 0 fully saturated rings. The van der Waals surface area contributed by atoms with Gasteiger partial charge in [0, 0.05) is 19.2 Å². The predicted molar refractivity (Wildman–Crippen MR) is 74.6 cm³/mol. The van der Waals surface area contributed by atoms with E-state index in [1.165, 1.54) is 4.57 Å². The van der Waals surface area contributed by atoms with Gasteiger partial charge >= 0.3 is 5.69 Å². The lowest BCUT2D eigenvalue weighted by Gasteiger charge is -2.10. The molecule has 0 bridgehead atoms. The Morgan fingerprint density at radius 1 is 1.21 bits per heavy atom. The van der Waals surface area contributed by atoms with E-state index in [-0.39, 0.29) is 11.6 Å². The second kappa shape index (κ2) is 6.10. The molecule has 1 aromatic heterocycles. The molecule has 0 aliphatic carbocycles. The van der Waals surface area contributed by atoms with E-state index in [4.69, 9.17) is 0 Å². The van der Waals surface area contributed by atoms with Gasteiger partial charge in [0.25, 0.3) is 0 Å². The SMILES string of the molecule is CCCNNc1nc(-c2ccccc2)n(C)c(=O)n1. The number of hydrogen-bond acceptors (Lipinski definition) is 5. The number of aromatic nitrogens is 3. The van der Waals surface area contributed by atoms with E-state index in [1.807, 2.05) is 30.3 Å². The van der Waals surface area contributed by atoms with Crippen molar-refractivity contribution in [2.24, 2.45) is 7.05 Å². The lowest BCUT2D eigenvalue weighted by molar-refractivity contribution is 0.730. The van der Waals surface area contributed by atoms with Crippen LogP contribution in [-0.4, -0.2) is 21.1 Å². The molecule has 0 aliphatic heterocycles. The van der Waals surface area contributed by atoms with Crippen molar-refractivity contribution in [3.05, 3.63) is 40.8 Å². The Hall–Kier alpha value is -2.21. The smallest absolute Gasteiger partial charge is 0.289 e. The van der Waals surface area contributed by atoms with E-state index in [0.717, 1.165) is 18.5 Å². The Bertz CT molecular complexity index is 594. The molecule has 1 heterocycles. The highest BCUT2D eigenvalue weighted by molar-refractivity contribution is 5.55. The third kappa shape index (κ3) is 3.17. The molecule has 1 aromatic carbocycles. The summed E-state index contributed by atoms with van der Waals surface area (Å²) < 4.78 is 1.43. The highest BCUT2D eigenvalue weighted by Crippen LogP contribution is 2.14. The predicted octanol–water partition coefficient (Wildman–Crippen LogP) is 1.17. The second-order valence-corrected chi connectivity index (χ2v) is 4.13. The molecule has 2 rings (SSSR count). The third-order valence-corrected chi connectivity index (χ3v) is 2.63. The van der Waals surface area contributed by atoms with Crippen molar-refractivity contribution in [1.29, 1.82) is 0 Å². The Balaban J connectivity index is 2.35. The van der Waals surface area contributed by atoms with Gasteiger partial charge in [0.1, 0.15) is 5.82 Å². The van der Waals surface area contributed by atoms with Gasteiger partial charge in [0.15, 0.2) is 0 Å². The average molecular weight is 259 g/mol. The van der Waals surface area contributed by atoms with Crippen molar-refractivity contribution >= 4 is 5.95 Å². The van der Waals surface area contributed by atoms with Gasteiger partial charge in [-0.05, 0) is 6.42 Å². The maximum Gasteiger partial charge on any atom is 0.352 e. The number of hydrazine groups is 1. The number of anilines is 1. The van der Waals surface area contributed by atoms with E-state index in [1.54, 1.807) is 7.05 Å². The fraction of sp³-hybridized carbons (Fsp3) is 0.308. The molecule has 100 valence electrons. The molecule has 2 aromatic rings. The van der Waals surface area contributed by atoms with E-state index in [2.05, 4.69) is 27.7 Å². The van der Waals surface area contributed by atoms with Gasteiger partial charge in [-0.3, -0.25) is 9.99 Å². The van der Waals surface area contributed by atoms with Gasteiger partial charge in [-0.25, -0.2) is 10.2 Å². The van der Waals surface area contributed by atoms with Crippen molar-refractivity contribution in [3.63, 3.8) is 0 Å². The van der Waals surface area contributed by atoms with Crippen LogP contribution in [0.4, 0.5) is 5.95 Å². The molecule has 0 saturated carbocycles. The summed E-state index contributed by atoms with van der Waals surface area (Å²) in [6.07, 6.45) is 0.976. The number of nitrogens with one attached hydrogen (secondary N) is 2. The van der Waals surface area contributed by atoms with Crippen LogP contribution < -0.4 is 16.5 Å². The summed E-state index contributed by atoms with van der Waals surface area (Å²) in [4.78, 5) is 20.0. The lowest BCUT2D eigenvalue weighted by atomic mass is 10.2. The monoisotopic (exact) mass is 259 g/mol. The minimum absolute atomic E-state index is 0.287. The first-order valence-corrected chi connectivity index (χ1v) is 6.21. The molecule has 2 N–H and O–H groups in total. The molecular formula is C13H17N5O. The Labute approximate surface area is 111 Å². The second-order valence-electron chi connectivity index (χ2n) is 4.13. The molecule has 6 nitrogen and oxygen atoms in total. The van der Waals surface area contributed by atoms with Crippen molar-refractivity contribution in [2.45, 2.75) is 13.3 Å². The van der Waals surface area contributed by atoms with Gasteiger partial charge < -0.3 is 0 Å². The third-order valence-electron chi connectivity index (χ3n) is 2.63. The van der Waals surface area contributed by atoms with Crippen LogP contribution in [0.5, 0.6) is 0 Å². The molecule has 0 unspecified atom stereocenters. The first kappa shape index (κ1) is 13.2. The molecule has 19 heavy (non-hydrogen) atoms. The number of nitrogens with zero attached hydrogens (tertiary/aromatic N) is 3. The summed E-state index contributed by atoms with van der Waals surface area (Å²) in [5.41, 5.74) is 6.33. The van der Waals surface area contributed by atoms with Gasteiger partial charge in [-0.2, -0.15) is 9.97 Å². The fourth-order valence-corrected chi connectivity index (χ4v) is 1.62. The van der Waals surface area contributed by atoms with Crippen LogP contribution in [0.25, 0.3) is 11.4 Å². The highest BCUT2D eigenvalue weighted by Gasteiger charge is 2.08. The first-order chi connectivity index (χ1) is 9.22. The Kier molecular flexibility index (Phi) is 4.25. The Morgan fingerprint density at radius 3 is 2.63 bits per heavy atom. The van der Waals surface area contributed by atoms with Crippen LogP contribution in [0.15, 0.2) is 35.1 Å². The summed E-state index contributed by atoms with van der Waals surface area (Å²) in [5, 5.41) is 0. The number of benzene rings is 1. The highest BCUT2D eigenvalue weighted by atomic mass is 16.1. The zero-order valence-corrected chi connectivity index (χ0v) is 11.1. The molecule has 0 atom stereocenters. The van der Waals surface area contributed by atoms with Crippen molar-refractivity contribution in [2.75, 3.05) is 12.0 Å². The first-order valence-electron chi connectivity index (χ1n) is 6.21. The van der Waals surface area contributed by atoms with Gasteiger partial charge in [-0.15, -0.1) is 0 Å². The normalized spacial score (nSPS) is 10.4. The van der Waals surface area contributed by atoms with Gasteiger partial charge in [0.05, 0.1) is 0 Å². The molecule has 0 spiro atoms. The van der Waals surface area contributed by atoms with Gasteiger partial charge in [-0.1, -0.05) is 37.3 Å². The maximum absolute atomic E-state index is 11.8. The van der Waals surface area contributed by atoms with E-state index < -0.39 is 0 Å². The zero-order chi connectivity index (χ0) is 13.7. The largest absolute Gasteiger partial charge is 0.352 e. The van der Waals surface area contributed by atoms with E-state index >= 15 is 0 Å². The fourth-order valence-electron chi connectivity index (χ4n) is 1.62. The number of rotatable bonds is 5. The molecular weight excluding hydrogens is 242 g/mol. The van der Waals surface area contributed by atoms with Crippen LogP contribution in [-0.2, 0) is 7.05 Å². The summed E-state index contributed by atoms with van der Waals surface area (Å²) in [6, 6.07) is 9.55. The zero-order valence-electron chi connectivity index (χ0n) is 11.1. The van der Waals surface area contributed by atoms with E-state index in [0.29, 0.717) is 5.82 Å². The molecule has 0 aliphatic rings. The molecule has 6 heteroatoms. The molecule has 0 saturated heterocycles. The van der Waals surface area contributed by atoms with E-state index in [9.17, 15) is 4.79 Å². The van der Waals surface area contributed by atoms with Crippen LogP contribution in [0, 0.1) is 0 Å². The molecule has 0 radical (unpaired) electrons. The van der Waals surface area contributed by atoms with Crippen LogP contribution >= 0.6 is 0 Å². The van der Waals surface area contributed by atoms with Crippen LogP contribution in [0.3, 0.4) is 0 Å². The van der Waals surface area contributed by atoms with Crippen LogP contribution in [0.2, 0.25) is 0 Å². The summed E-state index contributed by atoms with van der Waals surface area (Å²) in [7, 11) is 1.66. The van der Waals surface area contributed by atoms with Crippen molar-refractivity contribution < 1.29 is 0 Å². The standard InChI is InChI=1S/C13H17N5O/c1-3-9-14-17-12-15-11(18(2)13(19)16-12)10-7-5-4-6-8-10/h4-8,14H,3,9H2,1-2H3,(H,16,17,19).